The van der Waals surface area contributed by atoms with Crippen molar-refractivity contribution in [3.05, 3.63) is 22.8 Å². The summed E-state index contributed by atoms with van der Waals surface area (Å²) in [6.45, 7) is 6.78. The molecule has 0 amide bonds. The molecule has 0 bridgehead atoms. The molecule has 0 nitrogen and oxygen atoms in total. The van der Waals surface area contributed by atoms with Crippen LogP contribution in [0.1, 0.15) is 52.9 Å². The Morgan fingerprint density at radius 1 is 1.33 bits per heavy atom. The Labute approximate surface area is 76.4 Å². The van der Waals surface area contributed by atoms with Crippen LogP contribution in [-0.4, -0.2) is 0 Å². The van der Waals surface area contributed by atoms with E-state index in [1.807, 2.05) is 0 Å². The zero-order chi connectivity index (χ0) is 8.97. The molecule has 1 aliphatic rings. The van der Waals surface area contributed by atoms with Crippen LogP contribution in [0.3, 0.4) is 0 Å². The van der Waals surface area contributed by atoms with Gasteiger partial charge in [0.1, 0.15) is 0 Å². The van der Waals surface area contributed by atoms with Crippen molar-refractivity contribution < 1.29 is 0 Å². The fraction of sp³-hybridized carbons (Fsp3) is 0.667. The van der Waals surface area contributed by atoms with Gasteiger partial charge in [0.2, 0.25) is 0 Å². The van der Waals surface area contributed by atoms with Crippen LogP contribution in [0.5, 0.6) is 0 Å². The van der Waals surface area contributed by atoms with Crippen LogP contribution in [0.25, 0.3) is 0 Å². The van der Waals surface area contributed by atoms with Crippen LogP contribution in [0.2, 0.25) is 0 Å². The minimum absolute atomic E-state index is 1.22. The second-order valence-electron chi connectivity index (χ2n) is 3.63. The summed E-state index contributed by atoms with van der Waals surface area (Å²) in [5.74, 6) is 0. The van der Waals surface area contributed by atoms with E-state index in [-0.39, 0.29) is 0 Å². The Kier molecular flexibility index (Phi) is 3.58. The van der Waals surface area contributed by atoms with Crippen molar-refractivity contribution in [2.75, 3.05) is 0 Å². The van der Waals surface area contributed by atoms with Gasteiger partial charge in [-0.3, -0.25) is 0 Å². The molecular formula is C12H20. The van der Waals surface area contributed by atoms with Gasteiger partial charge in [0, 0.05) is 0 Å². The molecule has 0 aromatic rings. The summed E-state index contributed by atoms with van der Waals surface area (Å²) in [7, 11) is 0. The first-order chi connectivity index (χ1) is 5.79. The Morgan fingerprint density at radius 3 is 2.67 bits per heavy atom. The average molecular weight is 164 g/mol. The van der Waals surface area contributed by atoms with Crippen molar-refractivity contribution in [2.24, 2.45) is 0 Å². The molecule has 68 valence electrons. The van der Waals surface area contributed by atoms with Crippen molar-refractivity contribution >= 4 is 0 Å². The summed E-state index contributed by atoms with van der Waals surface area (Å²) < 4.78 is 0. The highest BCUT2D eigenvalue weighted by Gasteiger charge is 2.11. The number of rotatable bonds is 4. The Balaban J connectivity index is 2.58. The van der Waals surface area contributed by atoms with E-state index < -0.39 is 0 Å². The van der Waals surface area contributed by atoms with Crippen LogP contribution in [-0.2, 0) is 0 Å². The summed E-state index contributed by atoms with van der Waals surface area (Å²) in [6, 6.07) is 0. The number of hydrogen-bond acceptors (Lipinski definition) is 0. The summed E-state index contributed by atoms with van der Waals surface area (Å²) in [5.41, 5.74) is 4.88. The molecule has 0 aromatic carbocycles. The molecule has 0 aliphatic heterocycles. The molecule has 0 aromatic heterocycles. The lowest BCUT2D eigenvalue weighted by Crippen LogP contribution is -1.86. The second-order valence-corrected chi connectivity index (χ2v) is 3.63. The van der Waals surface area contributed by atoms with Gasteiger partial charge in [0.25, 0.3) is 0 Å². The van der Waals surface area contributed by atoms with Crippen LogP contribution in [0, 0.1) is 0 Å². The third kappa shape index (κ3) is 2.00. The lowest BCUT2D eigenvalue weighted by molar-refractivity contribution is 0.771. The van der Waals surface area contributed by atoms with E-state index in [2.05, 4.69) is 26.8 Å². The first kappa shape index (κ1) is 9.57. The van der Waals surface area contributed by atoms with Gasteiger partial charge in [0.05, 0.1) is 0 Å². The van der Waals surface area contributed by atoms with E-state index in [4.69, 9.17) is 0 Å². The van der Waals surface area contributed by atoms with Crippen molar-refractivity contribution in [3.8, 4) is 0 Å². The maximum absolute atomic E-state index is 2.38. The molecule has 0 saturated heterocycles. The van der Waals surface area contributed by atoms with Crippen LogP contribution in [0.15, 0.2) is 22.8 Å². The predicted molar refractivity (Wildman–Crippen MR) is 55.2 cm³/mol. The van der Waals surface area contributed by atoms with Crippen LogP contribution in [0.4, 0.5) is 0 Å². The highest BCUT2D eigenvalue weighted by molar-refractivity contribution is 5.40. The van der Waals surface area contributed by atoms with Crippen molar-refractivity contribution in [3.63, 3.8) is 0 Å². The third-order valence-corrected chi connectivity index (χ3v) is 2.74. The Bertz CT molecular complexity index is 206. The molecule has 0 saturated carbocycles. The van der Waals surface area contributed by atoms with Gasteiger partial charge in [-0.15, -0.1) is 0 Å². The predicted octanol–water partition coefficient (Wildman–Crippen LogP) is 4.23. The SMILES string of the molecule is CCCCC1=C(CC)C(C)=CC1. The highest BCUT2D eigenvalue weighted by Crippen LogP contribution is 2.31. The lowest BCUT2D eigenvalue weighted by atomic mass is 10.0. The van der Waals surface area contributed by atoms with Crippen molar-refractivity contribution in [1.82, 2.24) is 0 Å². The van der Waals surface area contributed by atoms with E-state index >= 15 is 0 Å². The van der Waals surface area contributed by atoms with Gasteiger partial charge in [-0.25, -0.2) is 0 Å². The van der Waals surface area contributed by atoms with E-state index in [0.29, 0.717) is 0 Å². The normalized spacial score (nSPS) is 17.1. The van der Waals surface area contributed by atoms with Crippen LogP contribution >= 0.6 is 0 Å². The molecule has 0 spiro atoms. The summed E-state index contributed by atoms with van der Waals surface area (Å²) >= 11 is 0. The Hall–Kier alpha value is -0.520. The minimum Gasteiger partial charge on any atom is -0.0772 e. The highest BCUT2D eigenvalue weighted by atomic mass is 14.2. The Morgan fingerprint density at radius 2 is 2.08 bits per heavy atom. The van der Waals surface area contributed by atoms with Gasteiger partial charge in [-0.2, -0.15) is 0 Å². The van der Waals surface area contributed by atoms with Crippen molar-refractivity contribution in [1.29, 1.82) is 0 Å². The van der Waals surface area contributed by atoms with Gasteiger partial charge in [-0.1, -0.05) is 37.5 Å². The van der Waals surface area contributed by atoms with Gasteiger partial charge < -0.3 is 0 Å². The molecule has 0 unspecified atom stereocenters. The second kappa shape index (κ2) is 4.49. The monoisotopic (exact) mass is 164 g/mol. The van der Waals surface area contributed by atoms with Gasteiger partial charge >= 0.3 is 0 Å². The molecule has 0 radical (unpaired) electrons. The quantitative estimate of drug-likeness (QED) is 0.583. The maximum Gasteiger partial charge on any atom is -0.0127 e. The molecule has 0 heterocycles. The average Bonchev–Trinajstić information content (AvgIpc) is 2.43. The van der Waals surface area contributed by atoms with E-state index in [1.165, 1.54) is 37.7 Å². The van der Waals surface area contributed by atoms with Crippen molar-refractivity contribution in [2.45, 2.75) is 52.9 Å². The summed E-state index contributed by atoms with van der Waals surface area (Å²) in [4.78, 5) is 0. The smallest absolute Gasteiger partial charge is 0.0127 e. The molecule has 0 fully saturated rings. The van der Waals surface area contributed by atoms with Gasteiger partial charge in [0.15, 0.2) is 0 Å². The lowest BCUT2D eigenvalue weighted by Gasteiger charge is -2.06. The summed E-state index contributed by atoms with van der Waals surface area (Å²) in [6.07, 6.45) is 8.84. The summed E-state index contributed by atoms with van der Waals surface area (Å²) in [5, 5.41) is 0. The number of hydrogen-bond donors (Lipinski definition) is 0. The first-order valence-corrected chi connectivity index (χ1v) is 5.17. The molecule has 12 heavy (non-hydrogen) atoms. The third-order valence-electron chi connectivity index (χ3n) is 2.74. The van der Waals surface area contributed by atoms with E-state index in [9.17, 15) is 0 Å². The van der Waals surface area contributed by atoms with Crippen LogP contribution < -0.4 is 0 Å². The first-order valence-electron chi connectivity index (χ1n) is 5.17. The molecule has 1 rings (SSSR count). The fourth-order valence-corrected chi connectivity index (χ4v) is 1.97. The number of allylic oxidation sites excluding steroid dienone is 4. The fourth-order valence-electron chi connectivity index (χ4n) is 1.97. The minimum atomic E-state index is 1.22. The topological polar surface area (TPSA) is 0 Å². The number of unbranched alkanes of at least 4 members (excludes halogenated alkanes) is 1. The standard InChI is InChI=1S/C12H20/c1-4-6-7-11-9-8-10(3)12(11)5-2/h8H,4-7,9H2,1-3H3. The molecular weight excluding hydrogens is 144 g/mol. The van der Waals surface area contributed by atoms with Gasteiger partial charge in [-0.05, 0) is 38.2 Å². The van der Waals surface area contributed by atoms with E-state index in [1.54, 1.807) is 11.1 Å². The zero-order valence-corrected chi connectivity index (χ0v) is 8.61. The molecule has 0 N–H and O–H groups in total. The molecule has 0 atom stereocenters. The molecule has 0 heteroatoms. The maximum atomic E-state index is 2.38. The molecule has 1 aliphatic carbocycles. The largest absolute Gasteiger partial charge is 0.0772 e. The zero-order valence-electron chi connectivity index (χ0n) is 8.61. The van der Waals surface area contributed by atoms with E-state index in [0.717, 1.165) is 0 Å².